The highest BCUT2D eigenvalue weighted by molar-refractivity contribution is 5.84. The van der Waals surface area contributed by atoms with Crippen molar-refractivity contribution >= 4 is 11.7 Å². The van der Waals surface area contributed by atoms with Gasteiger partial charge < -0.3 is 24.8 Å². The Labute approximate surface area is 206 Å². The van der Waals surface area contributed by atoms with Crippen LogP contribution in [-0.2, 0) is 19.0 Å². The first kappa shape index (κ1) is 25.8. The Morgan fingerprint density at radius 1 is 1.25 bits per heavy atom. The van der Waals surface area contributed by atoms with Crippen molar-refractivity contribution in [3.63, 3.8) is 0 Å². The predicted octanol–water partition coefficient (Wildman–Crippen LogP) is 3.94. The lowest BCUT2D eigenvalue weighted by Crippen LogP contribution is -2.40. The van der Waals surface area contributed by atoms with Crippen molar-refractivity contribution < 1.29 is 32.2 Å². The highest BCUT2D eigenvalue weighted by Crippen LogP contribution is 2.39. The summed E-state index contributed by atoms with van der Waals surface area (Å²) in [6.45, 7) is 3.74. The molecule has 2 aromatic rings. The lowest BCUT2D eigenvalue weighted by molar-refractivity contribution is -0.132. The molecule has 1 saturated heterocycles. The maximum absolute atomic E-state index is 14.8. The van der Waals surface area contributed by atoms with Gasteiger partial charge in [0.05, 0.1) is 42.1 Å². The average Bonchev–Trinajstić information content (AvgIpc) is 3.39. The summed E-state index contributed by atoms with van der Waals surface area (Å²) in [6.07, 6.45) is -4.09. The van der Waals surface area contributed by atoms with E-state index in [-0.39, 0.29) is 41.7 Å². The Balaban J connectivity index is 1.74. The summed E-state index contributed by atoms with van der Waals surface area (Å²) >= 11 is 0. The molecule has 1 amide bonds. The van der Waals surface area contributed by atoms with Crippen LogP contribution in [0.15, 0.2) is 18.2 Å². The number of amides is 1. The van der Waals surface area contributed by atoms with Gasteiger partial charge in [-0.2, -0.15) is 5.26 Å². The number of rotatable bonds is 9. The number of halogens is 3. The predicted molar refractivity (Wildman–Crippen MR) is 120 cm³/mol. The van der Waals surface area contributed by atoms with Gasteiger partial charge in [0.25, 0.3) is 12.3 Å². The highest BCUT2D eigenvalue weighted by Gasteiger charge is 2.46. The van der Waals surface area contributed by atoms with E-state index < -0.39 is 47.7 Å². The summed E-state index contributed by atoms with van der Waals surface area (Å²) in [5.41, 5.74) is -1.21. The quantitative estimate of drug-likeness (QED) is 0.526. The molecule has 1 aromatic carbocycles. The summed E-state index contributed by atoms with van der Waals surface area (Å²) in [5.74, 6) is -1.15. The lowest BCUT2D eigenvalue weighted by atomic mass is 10.0. The van der Waals surface area contributed by atoms with Gasteiger partial charge in [-0.15, -0.1) is 0 Å². The molecular formula is C24H26F3N5O4. The van der Waals surface area contributed by atoms with Crippen molar-refractivity contribution in [2.24, 2.45) is 0 Å². The van der Waals surface area contributed by atoms with Crippen molar-refractivity contribution in [3.8, 4) is 6.07 Å². The molecule has 9 nitrogen and oxygen atoms in total. The van der Waals surface area contributed by atoms with Crippen LogP contribution in [-0.4, -0.2) is 41.7 Å². The van der Waals surface area contributed by atoms with Gasteiger partial charge in [-0.1, -0.05) is 18.2 Å². The van der Waals surface area contributed by atoms with Crippen LogP contribution >= 0.6 is 0 Å². The minimum Gasteiger partial charge on any atom is -0.365 e. The van der Waals surface area contributed by atoms with E-state index in [1.54, 1.807) is 13.8 Å². The fourth-order valence-corrected chi connectivity index (χ4v) is 4.06. The van der Waals surface area contributed by atoms with Crippen LogP contribution in [0.5, 0.6) is 0 Å². The molecule has 2 heterocycles. The number of aromatic nitrogens is 2. The standard InChI is InChI=1S/C24H26F3N5O4/c1-12(14-5-4-6-15(17(14)25)20(26)27)29-21-16(23-35-9-10-36-23)18(30-13(2)31-21)19(34-3)22(33)32-24(11-28)7-8-24/h4-6,12,19-20,23H,7-10H2,1-3H3,(H,32,33)(H,29,30,31). The fourth-order valence-electron chi connectivity index (χ4n) is 4.06. The molecule has 36 heavy (non-hydrogen) atoms. The Hall–Kier alpha value is -3.27. The van der Waals surface area contributed by atoms with Crippen LogP contribution in [0.3, 0.4) is 0 Å². The smallest absolute Gasteiger partial charge is 0.266 e. The number of carbonyl (C=O) groups excluding carboxylic acids is 1. The second-order valence-electron chi connectivity index (χ2n) is 8.71. The van der Waals surface area contributed by atoms with Crippen molar-refractivity contribution in [2.45, 2.75) is 57.1 Å². The van der Waals surface area contributed by atoms with E-state index in [1.807, 2.05) is 0 Å². The van der Waals surface area contributed by atoms with Gasteiger partial charge >= 0.3 is 0 Å². The molecule has 2 fully saturated rings. The number of methoxy groups -OCH3 is 1. The first-order chi connectivity index (χ1) is 17.2. The van der Waals surface area contributed by atoms with Crippen LogP contribution in [0.1, 0.15) is 72.8 Å². The third kappa shape index (κ3) is 5.13. The molecule has 0 radical (unpaired) electrons. The van der Waals surface area contributed by atoms with Crippen molar-refractivity contribution in [1.82, 2.24) is 15.3 Å². The normalized spacial score (nSPS) is 18.5. The molecule has 192 valence electrons. The van der Waals surface area contributed by atoms with Crippen LogP contribution < -0.4 is 10.6 Å². The lowest BCUT2D eigenvalue weighted by Gasteiger charge is -2.25. The molecule has 4 rings (SSSR count). The molecule has 2 atom stereocenters. The summed E-state index contributed by atoms with van der Waals surface area (Å²) in [6, 6.07) is 5.09. The number of carbonyl (C=O) groups is 1. The van der Waals surface area contributed by atoms with E-state index in [4.69, 9.17) is 14.2 Å². The van der Waals surface area contributed by atoms with Gasteiger partial charge in [-0.3, -0.25) is 4.79 Å². The zero-order chi connectivity index (χ0) is 26.0. The summed E-state index contributed by atoms with van der Waals surface area (Å²) in [7, 11) is 1.33. The minimum atomic E-state index is -2.97. The third-order valence-corrected chi connectivity index (χ3v) is 6.11. The van der Waals surface area contributed by atoms with Gasteiger partial charge in [0.2, 0.25) is 0 Å². The van der Waals surface area contributed by atoms with E-state index in [0.717, 1.165) is 6.07 Å². The van der Waals surface area contributed by atoms with Crippen LogP contribution in [0.25, 0.3) is 0 Å². The number of anilines is 1. The van der Waals surface area contributed by atoms with E-state index >= 15 is 0 Å². The number of benzene rings is 1. The minimum absolute atomic E-state index is 0.00977. The van der Waals surface area contributed by atoms with Crippen LogP contribution in [0, 0.1) is 24.1 Å². The van der Waals surface area contributed by atoms with Gasteiger partial charge in [0, 0.05) is 12.7 Å². The first-order valence-corrected chi connectivity index (χ1v) is 11.4. The number of ether oxygens (including phenoxy) is 3. The van der Waals surface area contributed by atoms with E-state index in [2.05, 4.69) is 26.7 Å². The monoisotopic (exact) mass is 505 g/mol. The third-order valence-electron chi connectivity index (χ3n) is 6.11. The van der Waals surface area contributed by atoms with Gasteiger partial charge in [0.15, 0.2) is 12.4 Å². The highest BCUT2D eigenvalue weighted by atomic mass is 19.3. The van der Waals surface area contributed by atoms with Crippen molar-refractivity contribution in [3.05, 3.63) is 52.2 Å². The summed E-state index contributed by atoms with van der Waals surface area (Å²) < 4.78 is 58.1. The zero-order valence-electron chi connectivity index (χ0n) is 20.0. The fraction of sp³-hybridized carbons (Fsp3) is 0.500. The Morgan fingerprint density at radius 2 is 1.92 bits per heavy atom. The number of alkyl halides is 2. The summed E-state index contributed by atoms with van der Waals surface area (Å²) in [4.78, 5) is 21.9. The molecule has 0 bridgehead atoms. The Morgan fingerprint density at radius 3 is 2.50 bits per heavy atom. The SMILES string of the molecule is COC(C(=O)NC1(C#N)CC1)c1nc(C)nc(NC(C)c2cccc(C(F)F)c2F)c1C1OCCO1. The molecule has 2 N–H and O–H groups in total. The maximum atomic E-state index is 14.8. The van der Waals surface area contributed by atoms with Gasteiger partial charge in [0.1, 0.15) is 23.0 Å². The molecule has 12 heteroatoms. The van der Waals surface area contributed by atoms with Crippen molar-refractivity contribution in [2.75, 3.05) is 25.6 Å². The second kappa shape index (κ2) is 10.4. The van der Waals surface area contributed by atoms with E-state index in [1.165, 1.54) is 19.2 Å². The van der Waals surface area contributed by atoms with Crippen LogP contribution in [0.4, 0.5) is 19.0 Å². The zero-order valence-corrected chi connectivity index (χ0v) is 20.0. The second-order valence-corrected chi connectivity index (χ2v) is 8.71. The van der Waals surface area contributed by atoms with E-state index in [0.29, 0.717) is 12.8 Å². The topological polar surface area (TPSA) is 118 Å². The van der Waals surface area contributed by atoms with Gasteiger partial charge in [-0.05, 0) is 26.7 Å². The molecule has 0 spiro atoms. The summed E-state index contributed by atoms with van der Waals surface area (Å²) in [5, 5.41) is 15.1. The molecule has 1 aliphatic carbocycles. The number of nitrogens with zero attached hydrogens (tertiary/aromatic N) is 3. The Kier molecular flexibility index (Phi) is 7.44. The number of nitriles is 1. The number of nitrogens with one attached hydrogen (secondary N) is 2. The molecular weight excluding hydrogens is 479 g/mol. The molecule has 2 aliphatic rings. The van der Waals surface area contributed by atoms with Crippen LogP contribution in [0.2, 0.25) is 0 Å². The molecule has 1 aromatic heterocycles. The Bertz CT molecular complexity index is 1180. The average molecular weight is 505 g/mol. The van der Waals surface area contributed by atoms with Crippen molar-refractivity contribution in [1.29, 1.82) is 5.26 Å². The maximum Gasteiger partial charge on any atom is 0.266 e. The number of hydrogen-bond acceptors (Lipinski definition) is 8. The first-order valence-electron chi connectivity index (χ1n) is 11.4. The van der Waals surface area contributed by atoms with Gasteiger partial charge in [-0.25, -0.2) is 23.1 Å². The molecule has 1 saturated carbocycles. The number of aryl methyl sites for hydroxylation is 1. The molecule has 2 unspecified atom stereocenters. The largest absolute Gasteiger partial charge is 0.365 e. The van der Waals surface area contributed by atoms with E-state index in [9.17, 15) is 23.2 Å². The number of hydrogen-bond donors (Lipinski definition) is 2. The molecule has 1 aliphatic heterocycles.